The van der Waals surface area contributed by atoms with Crippen LogP contribution in [0.3, 0.4) is 0 Å². The first-order chi connectivity index (χ1) is 8.90. The second-order valence-corrected chi connectivity index (χ2v) is 5.31. The van der Waals surface area contributed by atoms with E-state index in [2.05, 4.69) is 15.5 Å². The van der Waals surface area contributed by atoms with Crippen LogP contribution in [0.2, 0.25) is 10.2 Å². The van der Waals surface area contributed by atoms with Gasteiger partial charge >= 0.3 is 0 Å². The summed E-state index contributed by atoms with van der Waals surface area (Å²) in [5.41, 5.74) is 1.34. The van der Waals surface area contributed by atoms with Gasteiger partial charge in [-0.2, -0.15) is 5.10 Å². The predicted molar refractivity (Wildman–Crippen MR) is 76.1 cm³/mol. The van der Waals surface area contributed by atoms with Crippen molar-refractivity contribution in [2.45, 2.75) is 19.8 Å². The number of amides is 1. The Kier molecular flexibility index (Phi) is 3.87. The van der Waals surface area contributed by atoms with Crippen molar-refractivity contribution in [3.8, 4) is 0 Å². The average molecular weight is 301 g/mol. The van der Waals surface area contributed by atoms with Gasteiger partial charge in [0.1, 0.15) is 10.8 Å². The summed E-state index contributed by atoms with van der Waals surface area (Å²) < 4.78 is 1.52. The van der Waals surface area contributed by atoms with Gasteiger partial charge in [-0.05, 0) is 12.0 Å². The summed E-state index contributed by atoms with van der Waals surface area (Å²) in [7, 11) is 1.67. The number of carbonyl (C=O) groups excluding carboxylic acids is 1. The SMILES string of the molecule is CC(C)c1cc(NC(=O)c2cc(Cl)c(Cl)n2C)n[nH]1. The van der Waals surface area contributed by atoms with E-state index in [1.165, 1.54) is 10.6 Å². The van der Waals surface area contributed by atoms with Crippen LogP contribution in [0.1, 0.15) is 35.9 Å². The zero-order valence-electron chi connectivity index (χ0n) is 10.8. The summed E-state index contributed by atoms with van der Waals surface area (Å²) >= 11 is 11.8. The van der Waals surface area contributed by atoms with Crippen LogP contribution in [0.15, 0.2) is 12.1 Å². The molecule has 19 heavy (non-hydrogen) atoms. The molecule has 0 atom stereocenters. The fourth-order valence-electron chi connectivity index (χ4n) is 1.64. The minimum Gasteiger partial charge on any atom is -0.329 e. The predicted octanol–water partition coefficient (Wildman–Crippen LogP) is 3.43. The second-order valence-electron chi connectivity index (χ2n) is 4.54. The van der Waals surface area contributed by atoms with Crippen molar-refractivity contribution in [3.05, 3.63) is 33.7 Å². The third-order valence-corrected chi connectivity index (χ3v) is 3.65. The molecule has 7 heteroatoms. The van der Waals surface area contributed by atoms with E-state index in [0.29, 0.717) is 27.6 Å². The number of halogens is 2. The molecule has 0 radical (unpaired) electrons. The van der Waals surface area contributed by atoms with Crippen LogP contribution in [0.4, 0.5) is 5.82 Å². The summed E-state index contributed by atoms with van der Waals surface area (Å²) in [4.78, 5) is 12.1. The molecule has 2 N–H and O–H groups in total. The van der Waals surface area contributed by atoms with Crippen molar-refractivity contribution in [1.29, 1.82) is 0 Å². The second kappa shape index (κ2) is 5.27. The van der Waals surface area contributed by atoms with Gasteiger partial charge < -0.3 is 9.88 Å². The summed E-state index contributed by atoms with van der Waals surface area (Å²) in [6.45, 7) is 4.08. The minimum atomic E-state index is -0.307. The molecular formula is C12H14Cl2N4O. The fraction of sp³-hybridized carbons (Fsp3) is 0.333. The highest BCUT2D eigenvalue weighted by Gasteiger charge is 2.17. The van der Waals surface area contributed by atoms with Gasteiger partial charge in [-0.25, -0.2) is 0 Å². The average Bonchev–Trinajstić information content (AvgIpc) is 2.90. The number of nitrogens with one attached hydrogen (secondary N) is 2. The summed E-state index contributed by atoms with van der Waals surface area (Å²) in [6, 6.07) is 3.32. The third-order valence-electron chi connectivity index (χ3n) is 2.81. The van der Waals surface area contributed by atoms with Crippen LogP contribution in [0.5, 0.6) is 0 Å². The van der Waals surface area contributed by atoms with Gasteiger partial charge in [0.15, 0.2) is 5.82 Å². The highest BCUT2D eigenvalue weighted by molar-refractivity contribution is 6.42. The molecule has 0 fully saturated rings. The van der Waals surface area contributed by atoms with E-state index in [4.69, 9.17) is 23.2 Å². The van der Waals surface area contributed by atoms with Gasteiger partial charge in [-0.3, -0.25) is 9.89 Å². The Balaban J connectivity index is 2.18. The van der Waals surface area contributed by atoms with Crippen molar-refractivity contribution in [2.75, 3.05) is 5.32 Å². The molecule has 0 aliphatic heterocycles. The molecule has 1 amide bonds. The van der Waals surface area contributed by atoms with Gasteiger partial charge in [0, 0.05) is 18.8 Å². The molecule has 2 rings (SSSR count). The molecule has 0 spiro atoms. The molecule has 2 heterocycles. The van der Waals surface area contributed by atoms with Crippen molar-refractivity contribution in [2.24, 2.45) is 7.05 Å². The van der Waals surface area contributed by atoms with E-state index >= 15 is 0 Å². The first kappa shape index (κ1) is 14.0. The van der Waals surface area contributed by atoms with Gasteiger partial charge in [-0.1, -0.05) is 37.0 Å². The normalized spacial score (nSPS) is 11.1. The molecule has 102 valence electrons. The van der Waals surface area contributed by atoms with Gasteiger partial charge in [-0.15, -0.1) is 0 Å². The summed E-state index contributed by atoms with van der Waals surface area (Å²) in [5, 5.41) is 10.3. The number of aromatic nitrogens is 3. The van der Waals surface area contributed by atoms with Gasteiger partial charge in [0.2, 0.25) is 0 Å². The lowest BCUT2D eigenvalue weighted by molar-refractivity contribution is 0.101. The van der Waals surface area contributed by atoms with Crippen molar-refractivity contribution >= 4 is 34.9 Å². The maximum atomic E-state index is 12.1. The number of anilines is 1. The maximum absolute atomic E-state index is 12.1. The number of H-pyrrole nitrogens is 1. The first-order valence-corrected chi connectivity index (χ1v) is 6.53. The number of rotatable bonds is 3. The Morgan fingerprint density at radius 3 is 2.58 bits per heavy atom. The van der Waals surface area contributed by atoms with E-state index < -0.39 is 0 Å². The zero-order valence-corrected chi connectivity index (χ0v) is 12.3. The summed E-state index contributed by atoms with van der Waals surface area (Å²) in [6.07, 6.45) is 0. The Morgan fingerprint density at radius 2 is 2.11 bits per heavy atom. The number of carbonyl (C=O) groups is 1. The molecule has 0 aromatic carbocycles. The van der Waals surface area contributed by atoms with Crippen LogP contribution in [0.25, 0.3) is 0 Å². The Hall–Kier alpha value is -1.46. The smallest absolute Gasteiger partial charge is 0.273 e. The Bertz CT molecular complexity index is 615. The molecule has 2 aromatic heterocycles. The van der Waals surface area contributed by atoms with E-state index in [1.807, 2.05) is 13.8 Å². The molecule has 0 saturated heterocycles. The Labute approximate surface area is 120 Å². The van der Waals surface area contributed by atoms with Crippen molar-refractivity contribution < 1.29 is 4.79 Å². The molecule has 0 saturated carbocycles. The molecular weight excluding hydrogens is 287 g/mol. The number of hydrogen-bond donors (Lipinski definition) is 2. The van der Waals surface area contributed by atoms with Gasteiger partial charge in [0.25, 0.3) is 5.91 Å². The minimum absolute atomic E-state index is 0.307. The lowest BCUT2D eigenvalue weighted by Crippen LogP contribution is -2.15. The van der Waals surface area contributed by atoms with Crippen LogP contribution < -0.4 is 5.32 Å². The molecule has 5 nitrogen and oxygen atoms in total. The topological polar surface area (TPSA) is 62.7 Å². The van der Waals surface area contributed by atoms with Gasteiger partial charge in [0.05, 0.1) is 5.02 Å². The van der Waals surface area contributed by atoms with E-state index in [0.717, 1.165) is 5.69 Å². The number of aromatic amines is 1. The van der Waals surface area contributed by atoms with Crippen LogP contribution in [0, 0.1) is 0 Å². The summed E-state index contributed by atoms with van der Waals surface area (Å²) in [5.74, 6) is 0.484. The van der Waals surface area contributed by atoms with Crippen molar-refractivity contribution in [1.82, 2.24) is 14.8 Å². The van der Waals surface area contributed by atoms with E-state index in [1.54, 1.807) is 13.1 Å². The number of hydrogen-bond acceptors (Lipinski definition) is 2. The molecule has 2 aromatic rings. The number of nitrogens with zero attached hydrogens (tertiary/aromatic N) is 2. The lowest BCUT2D eigenvalue weighted by atomic mass is 10.1. The highest BCUT2D eigenvalue weighted by atomic mass is 35.5. The van der Waals surface area contributed by atoms with Crippen LogP contribution in [-0.2, 0) is 7.05 Å². The van der Waals surface area contributed by atoms with Crippen LogP contribution in [-0.4, -0.2) is 20.7 Å². The fourth-order valence-corrected chi connectivity index (χ4v) is 2.01. The third kappa shape index (κ3) is 2.77. The first-order valence-electron chi connectivity index (χ1n) is 5.77. The van der Waals surface area contributed by atoms with E-state index in [-0.39, 0.29) is 5.91 Å². The quantitative estimate of drug-likeness (QED) is 0.912. The largest absolute Gasteiger partial charge is 0.329 e. The van der Waals surface area contributed by atoms with E-state index in [9.17, 15) is 4.79 Å². The van der Waals surface area contributed by atoms with Crippen molar-refractivity contribution in [3.63, 3.8) is 0 Å². The van der Waals surface area contributed by atoms with Crippen LogP contribution >= 0.6 is 23.2 Å². The standard InChI is InChI=1S/C12H14Cl2N4O/c1-6(2)8-5-10(17-16-8)15-12(19)9-4-7(13)11(14)18(9)3/h4-6H,1-3H3,(H2,15,16,17,19). The molecule has 0 bridgehead atoms. The Morgan fingerprint density at radius 1 is 1.42 bits per heavy atom. The highest BCUT2D eigenvalue weighted by Crippen LogP contribution is 2.25. The monoisotopic (exact) mass is 300 g/mol. The zero-order chi connectivity index (χ0) is 14.2. The molecule has 0 unspecified atom stereocenters. The maximum Gasteiger partial charge on any atom is 0.273 e. The lowest BCUT2D eigenvalue weighted by Gasteiger charge is -2.03. The molecule has 0 aliphatic carbocycles. The molecule has 0 aliphatic rings.